The molecule has 0 bridgehead atoms. The van der Waals surface area contributed by atoms with Crippen LogP contribution in [-0.4, -0.2) is 5.38 Å². The first kappa shape index (κ1) is 12.6. The Morgan fingerprint density at radius 1 is 1.00 bits per heavy atom. The first-order valence-electron chi connectivity index (χ1n) is 5.63. The van der Waals surface area contributed by atoms with Gasteiger partial charge in [0, 0.05) is 5.38 Å². The SMILES string of the molecule is Cc1cc(C)c(C(C)CC(C)Cl)cc1C. The van der Waals surface area contributed by atoms with Crippen molar-refractivity contribution < 1.29 is 0 Å². The van der Waals surface area contributed by atoms with E-state index in [0.717, 1.165) is 6.42 Å². The summed E-state index contributed by atoms with van der Waals surface area (Å²) in [5, 5.41) is 0.251. The number of halogens is 1. The molecule has 0 aliphatic heterocycles. The summed E-state index contributed by atoms with van der Waals surface area (Å²) in [6.07, 6.45) is 1.05. The molecule has 0 fully saturated rings. The Hall–Kier alpha value is -0.490. The number of alkyl halides is 1. The molecule has 0 aliphatic carbocycles. The summed E-state index contributed by atoms with van der Waals surface area (Å²) in [6.45, 7) is 10.9. The van der Waals surface area contributed by atoms with E-state index >= 15 is 0 Å². The molecular formula is C14H21Cl. The Morgan fingerprint density at radius 3 is 2.07 bits per heavy atom. The van der Waals surface area contributed by atoms with Crippen molar-refractivity contribution in [2.75, 3.05) is 0 Å². The van der Waals surface area contributed by atoms with Crippen molar-refractivity contribution >= 4 is 11.6 Å². The Balaban J connectivity index is 2.98. The van der Waals surface area contributed by atoms with Crippen LogP contribution in [0.4, 0.5) is 0 Å². The van der Waals surface area contributed by atoms with E-state index in [1.54, 1.807) is 0 Å². The van der Waals surface area contributed by atoms with Crippen LogP contribution in [0.2, 0.25) is 0 Å². The molecule has 15 heavy (non-hydrogen) atoms. The minimum Gasteiger partial charge on any atom is -0.123 e. The van der Waals surface area contributed by atoms with Gasteiger partial charge in [-0.15, -0.1) is 11.6 Å². The summed E-state index contributed by atoms with van der Waals surface area (Å²) in [5.41, 5.74) is 5.60. The van der Waals surface area contributed by atoms with Gasteiger partial charge in [-0.05, 0) is 62.3 Å². The fraction of sp³-hybridized carbons (Fsp3) is 0.571. The van der Waals surface area contributed by atoms with Gasteiger partial charge in [-0.3, -0.25) is 0 Å². The van der Waals surface area contributed by atoms with Crippen LogP contribution in [0.3, 0.4) is 0 Å². The van der Waals surface area contributed by atoms with Gasteiger partial charge in [0.15, 0.2) is 0 Å². The topological polar surface area (TPSA) is 0 Å². The molecule has 0 amide bonds. The van der Waals surface area contributed by atoms with E-state index in [4.69, 9.17) is 11.6 Å². The van der Waals surface area contributed by atoms with Crippen LogP contribution in [0.5, 0.6) is 0 Å². The minimum atomic E-state index is 0.251. The average Bonchev–Trinajstić information content (AvgIpc) is 2.09. The maximum atomic E-state index is 6.05. The first-order chi connectivity index (χ1) is 6.91. The molecule has 0 N–H and O–H groups in total. The van der Waals surface area contributed by atoms with Gasteiger partial charge in [0.05, 0.1) is 0 Å². The lowest BCUT2D eigenvalue weighted by Gasteiger charge is -2.17. The lowest BCUT2D eigenvalue weighted by atomic mass is 9.90. The normalized spacial score (nSPS) is 15.1. The van der Waals surface area contributed by atoms with Crippen molar-refractivity contribution in [2.24, 2.45) is 0 Å². The molecule has 1 heteroatoms. The smallest absolute Gasteiger partial charge is 0.0313 e. The highest BCUT2D eigenvalue weighted by atomic mass is 35.5. The predicted molar refractivity (Wildman–Crippen MR) is 69.0 cm³/mol. The van der Waals surface area contributed by atoms with Crippen LogP contribution in [0, 0.1) is 20.8 Å². The lowest BCUT2D eigenvalue weighted by Crippen LogP contribution is -2.03. The van der Waals surface area contributed by atoms with E-state index in [9.17, 15) is 0 Å². The highest BCUT2D eigenvalue weighted by molar-refractivity contribution is 6.20. The number of benzene rings is 1. The molecule has 0 nitrogen and oxygen atoms in total. The van der Waals surface area contributed by atoms with Crippen molar-refractivity contribution in [2.45, 2.75) is 52.3 Å². The van der Waals surface area contributed by atoms with Crippen LogP contribution in [0.25, 0.3) is 0 Å². The Morgan fingerprint density at radius 2 is 1.53 bits per heavy atom. The van der Waals surface area contributed by atoms with Gasteiger partial charge in [0.25, 0.3) is 0 Å². The highest BCUT2D eigenvalue weighted by Gasteiger charge is 2.12. The molecule has 0 heterocycles. The molecule has 2 atom stereocenters. The standard InChI is InChI=1S/C14H21Cl/c1-9-6-11(3)14(8-10(9)2)12(4)7-13(5)15/h6,8,12-13H,7H2,1-5H3. The summed E-state index contributed by atoms with van der Waals surface area (Å²) in [5.74, 6) is 0.553. The molecule has 0 aliphatic rings. The van der Waals surface area contributed by atoms with Crippen LogP contribution >= 0.6 is 11.6 Å². The van der Waals surface area contributed by atoms with Crippen LogP contribution in [0.15, 0.2) is 12.1 Å². The Kier molecular flexibility index (Phi) is 4.21. The van der Waals surface area contributed by atoms with Gasteiger partial charge >= 0.3 is 0 Å². The fourth-order valence-electron chi connectivity index (χ4n) is 2.13. The number of hydrogen-bond acceptors (Lipinski definition) is 0. The number of aryl methyl sites for hydroxylation is 3. The van der Waals surface area contributed by atoms with Crippen LogP contribution in [-0.2, 0) is 0 Å². The Labute approximate surface area is 98.7 Å². The third-order valence-corrected chi connectivity index (χ3v) is 3.27. The zero-order valence-electron chi connectivity index (χ0n) is 10.4. The summed E-state index contributed by atoms with van der Waals surface area (Å²) >= 11 is 6.05. The molecule has 84 valence electrons. The van der Waals surface area contributed by atoms with Crippen molar-refractivity contribution in [1.82, 2.24) is 0 Å². The predicted octanol–water partition coefficient (Wildman–Crippen LogP) is 4.73. The summed E-state index contributed by atoms with van der Waals surface area (Å²) < 4.78 is 0. The zero-order chi connectivity index (χ0) is 11.6. The van der Waals surface area contributed by atoms with Gasteiger partial charge in [0.2, 0.25) is 0 Å². The molecule has 0 radical (unpaired) electrons. The summed E-state index contributed by atoms with van der Waals surface area (Å²) in [4.78, 5) is 0. The monoisotopic (exact) mass is 224 g/mol. The highest BCUT2D eigenvalue weighted by Crippen LogP contribution is 2.27. The molecular weight excluding hydrogens is 204 g/mol. The van der Waals surface area contributed by atoms with Crippen molar-refractivity contribution in [3.8, 4) is 0 Å². The lowest BCUT2D eigenvalue weighted by molar-refractivity contribution is 0.666. The van der Waals surface area contributed by atoms with Crippen LogP contribution in [0.1, 0.15) is 48.4 Å². The molecule has 1 aromatic rings. The van der Waals surface area contributed by atoms with E-state index in [1.807, 2.05) is 0 Å². The Bertz CT molecular complexity index is 339. The maximum absolute atomic E-state index is 6.05. The van der Waals surface area contributed by atoms with Gasteiger partial charge in [0.1, 0.15) is 0 Å². The fourth-order valence-corrected chi connectivity index (χ4v) is 2.40. The van der Waals surface area contributed by atoms with E-state index < -0.39 is 0 Å². The molecule has 0 aromatic heterocycles. The minimum absolute atomic E-state index is 0.251. The van der Waals surface area contributed by atoms with Gasteiger partial charge in [-0.25, -0.2) is 0 Å². The summed E-state index contributed by atoms with van der Waals surface area (Å²) in [6, 6.07) is 4.59. The van der Waals surface area contributed by atoms with Gasteiger partial charge < -0.3 is 0 Å². The van der Waals surface area contributed by atoms with Crippen molar-refractivity contribution in [1.29, 1.82) is 0 Å². The molecule has 2 unspecified atom stereocenters. The maximum Gasteiger partial charge on any atom is 0.0313 e. The van der Waals surface area contributed by atoms with Crippen LogP contribution < -0.4 is 0 Å². The van der Waals surface area contributed by atoms with E-state index in [0.29, 0.717) is 5.92 Å². The van der Waals surface area contributed by atoms with Gasteiger partial charge in [-0.1, -0.05) is 19.1 Å². The molecule has 0 saturated heterocycles. The summed E-state index contributed by atoms with van der Waals surface area (Å²) in [7, 11) is 0. The second-order valence-electron chi connectivity index (χ2n) is 4.71. The molecule has 1 aromatic carbocycles. The van der Waals surface area contributed by atoms with Crippen molar-refractivity contribution in [3.05, 3.63) is 34.4 Å². The van der Waals surface area contributed by atoms with E-state index in [-0.39, 0.29) is 5.38 Å². The third kappa shape index (κ3) is 3.24. The second-order valence-corrected chi connectivity index (χ2v) is 5.46. The molecule has 0 spiro atoms. The average molecular weight is 225 g/mol. The number of rotatable bonds is 3. The second kappa shape index (κ2) is 5.03. The van der Waals surface area contributed by atoms with Crippen molar-refractivity contribution in [3.63, 3.8) is 0 Å². The van der Waals surface area contributed by atoms with E-state index in [2.05, 4.69) is 46.8 Å². The third-order valence-electron chi connectivity index (χ3n) is 3.09. The number of hydrogen-bond donors (Lipinski definition) is 0. The van der Waals surface area contributed by atoms with E-state index in [1.165, 1.54) is 22.3 Å². The quantitative estimate of drug-likeness (QED) is 0.651. The zero-order valence-corrected chi connectivity index (χ0v) is 11.2. The molecule has 1 rings (SSSR count). The largest absolute Gasteiger partial charge is 0.123 e. The first-order valence-corrected chi connectivity index (χ1v) is 6.07. The molecule has 0 saturated carbocycles. The van der Waals surface area contributed by atoms with Gasteiger partial charge in [-0.2, -0.15) is 0 Å².